The summed E-state index contributed by atoms with van der Waals surface area (Å²) < 4.78 is 142. The largest absolute Gasteiger partial charge is 0.420 e. The Morgan fingerprint density at radius 1 is 0.288 bits per heavy atom. The van der Waals surface area contributed by atoms with E-state index in [1.54, 1.807) is 0 Å². The molecule has 0 amide bonds. The van der Waals surface area contributed by atoms with E-state index in [1.165, 1.54) is 64.2 Å². The molecule has 0 aromatic heterocycles. The number of unbranched alkanes of at least 4 members (excludes halogenated alkanes) is 10. The molecule has 66 heavy (non-hydrogen) atoms. The van der Waals surface area contributed by atoms with Crippen molar-refractivity contribution in [3.8, 4) is 5.75 Å². The third-order valence-electron chi connectivity index (χ3n) is 9.19. The molecule has 0 bridgehead atoms. The van der Waals surface area contributed by atoms with Crippen LogP contribution in [-0.4, -0.2) is 178 Å². The van der Waals surface area contributed by atoms with E-state index in [0.717, 1.165) is 13.0 Å². The molecule has 0 aliphatic heterocycles. The molecule has 1 rings (SSSR count). The van der Waals surface area contributed by atoms with Crippen LogP contribution in [0.3, 0.4) is 0 Å². The van der Waals surface area contributed by atoms with Crippen LogP contribution in [0.2, 0.25) is 0 Å². The van der Waals surface area contributed by atoms with E-state index in [0.29, 0.717) is 139 Å². The van der Waals surface area contributed by atoms with Gasteiger partial charge in [0.15, 0.2) is 0 Å². The molecule has 0 saturated heterocycles. The van der Waals surface area contributed by atoms with Gasteiger partial charge in [0.05, 0.1) is 172 Å². The van der Waals surface area contributed by atoms with Gasteiger partial charge in [-0.05, 0) is 6.42 Å². The van der Waals surface area contributed by atoms with E-state index >= 15 is 0 Å². The van der Waals surface area contributed by atoms with E-state index < -0.39 is 47.2 Å². The molecule has 0 aliphatic carbocycles. The summed E-state index contributed by atoms with van der Waals surface area (Å²) >= 11 is 0. The van der Waals surface area contributed by atoms with Gasteiger partial charge in [-0.2, -0.15) is 8.78 Å². The lowest BCUT2D eigenvalue weighted by Gasteiger charge is -2.09. The highest BCUT2D eigenvalue weighted by molar-refractivity contribution is 5.72. The van der Waals surface area contributed by atoms with Crippen molar-refractivity contribution in [2.45, 2.75) is 84.0 Å². The van der Waals surface area contributed by atoms with Crippen LogP contribution in [0.5, 0.6) is 5.75 Å². The van der Waals surface area contributed by atoms with Gasteiger partial charge in [0.2, 0.25) is 34.8 Å². The van der Waals surface area contributed by atoms with E-state index in [-0.39, 0.29) is 26.4 Å². The van der Waals surface area contributed by atoms with Crippen molar-refractivity contribution in [3.05, 3.63) is 29.1 Å². The van der Waals surface area contributed by atoms with Crippen molar-refractivity contribution in [1.29, 1.82) is 0 Å². The molecule has 20 heteroatoms. The second kappa shape index (κ2) is 47.9. The lowest BCUT2D eigenvalue weighted by molar-refractivity contribution is -0.136. The lowest BCUT2D eigenvalue weighted by atomic mass is 10.1. The van der Waals surface area contributed by atoms with Gasteiger partial charge in [-0.25, -0.2) is 13.2 Å². The quantitative estimate of drug-likeness (QED) is 0.0162. The molecule has 0 spiro atoms. The standard InChI is InChI=1S/C46H79F5O15/c1-2-3-4-5-6-7-8-9-10-11-12-14-53-16-18-55-20-22-57-24-26-59-28-30-61-32-34-63-36-38-65-39-37-64-35-33-62-31-29-60-27-25-58-23-21-56-19-17-54-15-13-40(52)66-46-44(50)42(48)41(47)43(49)45(46)51/h2-39H2,1H3. The smallest absolute Gasteiger partial charge is 0.313 e. The lowest BCUT2D eigenvalue weighted by Crippen LogP contribution is -2.16. The number of carbonyl (C=O) groups excluding carboxylic acids is 1. The SMILES string of the molecule is CCCCCCCCCCCCCOCCOCCOCCOCCOCCOCCOCCOCCOCCOCCOCCOCCOCCC(=O)Oc1c(F)c(F)c(F)c(F)c1F. The molecule has 388 valence electrons. The summed E-state index contributed by atoms with van der Waals surface area (Å²) in [6, 6.07) is 0. The molecule has 0 saturated carbocycles. The maximum absolute atomic E-state index is 13.6. The monoisotopic (exact) mass is 967 g/mol. The summed E-state index contributed by atoms with van der Waals surface area (Å²) in [6.45, 7) is 13.1. The fourth-order valence-electron chi connectivity index (χ4n) is 5.60. The van der Waals surface area contributed by atoms with Crippen LogP contribution in [0.15, 0.2) is 0 Å². The van der Waals surface area contributed by atoms with Crippen LogP contribution in [0.1, 0.15) is 84.0 Å². The van der Waals surface area contributed by atoms with E-state index in [9.17, 15) is 26.7 Å². The first-order valence-corrected chi connectivity index (χ1v) is 23.6. The Morgan fingerprint density at radius 3 is 0.773 bits per heavy atom. The number of esters is 1. The summed E-state index contributed by atoms with van der Waals surface area (Å²) in [6.07, 6.45) is 14.2. The van der Waals surface area contributed by atoms with Gasteiger partial charge in [-0.15, -0.1) is 0 Å². The molecule has 15 nitrogen and oxygen atoms in total. The van der Waals surface area contributed by atoms with Crippen LogP contribution < -0.4 is 4.74 Å². The molecule has 0 atom stereocenters. The first-order valence-electron chi connectivity index (χ1n) is 23.6. The minimum absolute atomic E-state index is 0.0784. The summed E-state index contributed by atoms with van der Waals surface area (Å²) in [5.41, 5.74) is 0. The van der Waals surface area contributed by atoms with Crippen molar-refractivity contribution in [1.82, 2.24) is 0 Å². The van der Waals surface area contributed by atoms with Crippen LogP contribution in [0.25, 0.3) is 0 Å². The van der Waals surface area contributed by atoms with E-state index in [2.05, 4.69) is 11.7 Å². The Hall–Kier alpha value is -2.18. The minimum Gasteiger partial charge on any atom is -0.420 e. The van der Waals surface area contributed by atoms with Gasteiger partial charge >= 0.3 is 5.97 Å². The second-order valence-electron chi connectivity index (χ2n) is 14.6. The highest BCUT2D eigenvalue weighted by Crippen LogP contribution is 2.29. The van der Waals surface area contributed by atoms with Crippen molar-refractivity contribution >= 4 is 5.97 Å². The molecular formula is C46H79F5O15. The molecule has 0 heterocycles. The molecule has 0 N–H and O–H groups in total. The summed E-state index contributed by atoms with van der Waals surface area (Å²) in [5, 5.41) is 0. The third kappa shape index (κ3) is 37.8. The zero-order valence-corrected chi connectivity index (χ0v) is 39.4. The molecule has 0 radical (unpaired) electrons. The summed E-state index contributed by atoms with van der Waals surface area (Å²) in [4.78, 5) is 11.7. The van der Waals surface area contributed by atoms with Crippen LogP contribution in [-0.2, 0) is 66.4 Å². The van der Waals surface area contributed by atoms with E-state index in [1.807, 2.05) is 0 Å². The van der Waals surface area contributed by atoms with E-state index in [4.69, 9.17) is 61.6 Å². The van der Waals surface area contributed by atoms with Gasteiger partial charge in [0.1, 0.15) is 0 Å². The number of benzene rings is 1. The Balaban J connectivity index is 1.66. The topological polar surface area (TPSA) is 146 Å². The van der Waals surface area contributed by atoms with Crippen molar-refractivity contribution < 1.29 is 93.1 Å². The summed E-state index contributed by atoms with van der Waals surface area (Å²) in [5.74, 6) is -14.1. The Bertz CT molecular complexity index is 1210. The number of carbonyl (C=O) groups is 1. The third-order valence-corrected chi connectivity index (χ3v) is 9.19. The zero-order chi connectivity index (χ0) is 47.8. The first-order chi connectivity index (χ1) is 32.4. The number of ether oxygens (including phenoxy) is 14. The fraction of sp³-hybridized carbons (Fsp3) is 0.848. The number of hydrogen-bond donors (Lipinski definition) is 0. The van der Waals surface area contributed by atoms with Crippen molar-refractivity contribution in [2.24, 2.45) is 0 Å². The van der Waals surface area contributed by atoms with Crippen LogP contribution >= 0.6 is 0 Å². The Morgan fingerprint density at radius 2 is 0.500 bits per heavy atom. The maximum atomic E-state index is 13.6. The van der Waals surface area contributed by atoms with Crippen molar-refractivity contribution in [2.75, 3.05) is 172 Å². The van der Waals surface area contributed by atoms with Gasteiger partial charge in [-0.1, -0.05) is 71.1 Å². The fourth-order valence-corrected chi connectivity index (χ4v) is 5.60. The second-order valence-corrected chi connectivity index (χ2v) is 14.6. The van der Waals surface area contributed by atoms with Gasteiger partial charge in [0.25, 0.3) is 0 Å². The number of rotatable bonds is 52. The predicted molar refractivity (Wildman–Crippen MR) is 234 cm³/mol. The average molecular weight is 967 g/mol. The molecule has 0 fully saturated rings. The highest BCUT2D eigenvalue weighted by Gasteiger charge is 2.28. The average Bonchev–Trinajstić information content (AvgIpc) is 3.32. The summed E-state index contributed by atoms with van der Waals surface area (Å²) in [7, 11) is 0. The predicted octanol–water partition coefficient (Wildman–Crippen LogP) is 7.20. The van der Waals surface area contributed by atoms with Gasteiger partial charge in [0, 0.05) is 6.61 Å². The number of halogens is 5. The Labute approximate surface area is 389 Å². The number of hydrogen-bond acceptors (Lipinski definition) is 15. The minimum atomic E-state index is -2.35. The van der Waals surface area contributed by atoms with Gasteiger partial charge in [-0.3, -0.25) is 4.79 Å². The van der Waals surface area contributed by atoms with Crippen molar-refractivity contribution in [3.63, 3.8) is 0 Å². The maximum Gasteiger partial charge on any atom is 0.313 e. The molecule has 0 unspecified atom stereocenters. The highest BCUT2D eigenvalue weighted by atomic mass is 19.2. The molecule has 0 aliphatic rings. The van der Waals surface area contributed by atoms with Crippen LogP contribution in [0, 0.1) is 29.1 Å². The van der Waals surface area contributed by atoms with Crippen LogP contribution in [0.4, 0.5) is 22.0 Å². The van der Waals surface area contributed by atoms with Gasteiger partial charge < -0.3 is 66.3 Å². The first kappa shape index (κ1) is 61.8. The Kier molecular flexibility index (Phi) is 44.8. The normalized spacial score (nSPS) is 11.6. The molecule has 1 aromatic rings. The zero-order valence-electron chi connectivity index (χ0n) is 39.4. The molecular weight excluding hydrogens is 887 g/mol. The molecule has 1 aromatic carbocycles.